The third-order valence-corrected chi connectivity index (χ3v) is 4.64. The molecule has 0 saturated heterocycles. The lowest BCUT2D eigenvalue weighted by molar-refractivity contribution is -0.307. The van der Waals surface area contributed by atoms with E-state index in [9.17, 15) is 9.90 Å². The highest BCUT2D eigenvalue weighted by Crippen LogP contribution is 2.36. The number of nitrogens with zero attached hydrogens (tertiary/aromatic N) is 2. The summed E-state index contributed by atoms with van der Waals surface area (Å²) in [6, 6.07) is 9.15. The molecule has 0 fully saturated rings. The summed E-state index contributed by atoms with van der Waals surface area (Å²) < 4.78 is 0. The zero-order valence-electron chi connectivity index (χ0n) is 13.5. The molecule has 0 saturated carbocycles. The summed E-state index contributed by atoms with van der Waals surface area (Å²) in [7, 11) is 0. The fourth-order valence-electron chi connectivity index (χ4n) is 2.67. The number of carboxylic acids is 1. The third-order valence-electron chi connectivity index (χ3n) is 3.76. The monoisotopic (exact) mass is 340 g/mol. The number of benzene rings is 1. The molecule has 124 valence electrons. The molecule has 0 aliphatic rings. The predicted molar refractivity (Wildman–Crippen MR) is 94.7 cm³/mol. The molecule has 3 rings (SSSR count). The molecule has 0 amide bonds. The van der Waals surface area contributed by atoms with Gasteiger partial charge in [0.2, 0.25) is 0 Å². The van der Waals surface area contributed by atoms with E-state index in [0.29, 0.717) is 12.2 Å². The first-order chi connectivity index (χ1) is 11.6. The minimum atomic E-state index is -1.12. The number of anilines is 1. The maximum atomic E-state index is 11.5. The van der Waals surface area contributed by atoms with E-state index in [2.05, 4.69) is 15.3 Å². The van der Waals surface area contributed by atoms with Crippen molar-refractivity contribution >= 4 is 33.3 Å². The lowest BCUT2D eigenvalue weighted by Crippen LogP contribution is -2.41. The summed E-state index contributed by atoms with van der Waals surface area (Å²) in [6.45, 7) is 3.96. The van der Waals surface area contributed by atoms with Crippen molar-refractivity contribution in [1.82, 2.24) is 9.97 Å². The van der Waals surface area contributed by atoms with E-state index in [4.69, 9.17) is 0 Å². The molecule has 3 aromatic rings. The Morgan fingerprint density at radius 3 is 2.67 bits per heavy atom. The van der Waals surface area contributed by atoms with E-state index in [1.165, 1.54) is 17.7 Å². The number of aromatic nitrogens is 2. The minimum Gasteiger partial charge on any atom is -0.548 e. The van der Waals surface area contributed by atoms with Crippen LogP contribution in [0.25, 0.3) is 21.3 Å². The van der Waals surface area contributed by atoms with Crippen molar-refractivity contribution in [3.8, 4) is 11.1 Å². The molecular formula is C18H18N3O2S-. The molecule has 6 heteroatoms. The van der Waals surface area contributed by atoms with Gasteiger partial charge in [-0.25, -0.2) is 9.97 Å². The number of hydrogen-bond acceptors (Lipinski definition) is 6. The topological polar surface area (TPSA) is 77.9 Å². The molecule has 0 unspecified atom stereocenters. The van der Waals surface area contributed by atoms with Gasteiger partial charge in [-0.2, -0.15) is 0 Å². The molecule has 1 aromatic carbocycles. The van der Waals surface area contributed by atoms with Crippen LogP contribution in [-0.2, 0) is 4.79 Å². The molecule has 1 N–H and O–H groups in total. The van der Waals surface area contributed by atoms with E-state index in [0.717, 1.165) is 21.3 Å². The number of hydrogen-bond donors (Lipinski definition) is 1. The van der Waals surface area contributed by atoms with Crippen molar-refractivity contribution in [3.63, 3.8) is 0 Å². The highest BCUT2D eigenvalue weighted by Gasteiger charge is 2.17. The molecule has 0 aliphatic heterocycles. The largest absolute Gasteiger partial charge is 0.548 e. The third kappa shape index (κ3) is 3.38. The first kappa shape index (κ1) is 16.4. The smallest absolute Gasteiger partial charge is 0.139 e. The quantitative estimate of drug-likeness (QED) is 0.746. The van der Waals surface area contributed by atoms with Gasteiger partial charge in [0.05, 0.1) is 17.4 Å². The van der Waals surface area contributed by atoms with Crippen LogP contribution in [0.1, 0.15) is 20.3 Å². The number of carbonyl (C=O) groups excluding carboxylic acids is 1. The van der Waals surface area contributed by atoms with Crippen molar-refractivity contribution in [2.45, 2.75) is 26.3 Å². The van der Waals surface area contributed by atoms with Crippen LogP contribution in [0, 0.1) is 5.92 Å². The molecule has 0 spiro atoms. The molecule has 0 bridgehead atoms. The summed E-state index contributed by atoms with van der Waals surface area (Å²) in [5, 5.41) is 17.4. The lowest BCUT2D eigenvalue weighted by atomic mass is 10.0. The predicted octanol–water partition coefficient (Wildman–Crippen LogP) is 2.93. The summed E-state index contributed by atoms with van der Waals surface area (Å²) in [5.74, 6) is -0.351. The van der Waals surface area contributed by atoms with E-state index < -0.39 is 12.0 Å². The second-order valence-corrected chi connectivity index (χ2v) is 6.92. The highest BCUT2D eigenvalue weighted by molar-refractivity contribution is 7.17. The van der Waals surface area contributed by atoms with Gasteiger partial charge < -0.3 is 15.2 Å². The highest BCUT2D eigenvalue weighted by atomic mass is 32.1. The molecular weight excluding hydrogens is 322 g/mol. The van der Waals surface area contributed by atoms with E-state index in [-0.39, 0.29) is 5.92 Å². The van der Waals surface area contributed by atoms with Crippen LogP contribution in [0.3, 0.4) is 0 Å². The Hall–Kier alpha value is -2.47. The fraction of sp³-hybridized carbons (Fsp3) is 0.278. The van der Waals surface area contributed by atoms with Gasteiger partial charge in [0.1, 0.15) is 17.0 Å². The van der Waals surface area contributed by atoms with Crippen LogP contribution >= 0.6 is 11.3 Å². The Labute approximate surface area is 144 Å². The van der Waals surface area contributed by atoms with Gasteiger partial charge in [0, 0.05) is 10.9 Å². The van der Waals surface area contributed by atoms with Crippen LogP contribution in [0.2, 0.25) is 0 Å². The second kappa shape index (κ2) is 6.97. The van der Waals surface area contributed by atoms with E-state index >= 15 is 0 Å². The average Bonchev–Trinajstić information content (AvgIpc) is 2.99. The summed E-state index contributed by atoms with van der Waals surface area (Å²) in [5.41, 5.74) is 2.05. The molecule has 1 atom stereocenters. The Morgan fingerprint density at radius 1 is 1.25 bits per heavy atom. The van der Waals surface area contributed by atoms with Gasteiger partial charge in [-0.05, 0) is 17.9 Å². The number of aliphatic carboxylic acids is 1. The summed E-state index contributed by atoms with van der Waals surface area (Å²) in [6.07, 6.45) is 1.93. The SMILES string of the molecule is CC(C)C[C@@H](Nc1ncnc2scc(-c3ccccc3)c12)C(=O)[O-]. The number of nitrogens with one attached hydrogen (secondary N) is 1. The maximum Gasteiger partial charge on any atom is 0.139 e. The summed E-state index contributed by atoms with van der Waals surface area (Å²) in [4.78, 5) is 20.9. The van der Waals surface area contributed by atoms with Crippen LogP contribution in [0.15, 0.2) is 42.0 Å². The average molecular weight is 340 g/mol. The number of rotatable bonds is 6. The second-order valence-electron chi connectivity index (χ2n) is 6.06. The zero-order valence-corrected chi connectivity index (χ0v) is 14.3. The number of fused-ring (bicyclic) bond motifs is 1. The van der Waals surface area contributed by atoms with Crippen molar-refractivity contribution in [2.75, 3.05) is 5.32 Å². The standard InChI is InChI=1S/C18H19N3O2S/c1-11(2)8-14(18(22)23)21-16-15-13(12-6-4-3-5-7-12)9-24-17(15)20-10-19-16/h3-7,9-11,14H,8H2,1-2H3,(H,22,23)(H,19,20,21)/p-1/t14-/m1/s1. The van der Waals surface area contributed by atoms with Gasteiger partial charge in [-0.15, -0.1) is 11.3 Å². The Bertz CT molecular complexity index is 846. The van der Waals surface area contributed by atoms with Gasteiger partial charge in [0.25, 0.3) is 0 Å². The zero-order chi connectivity index (χ0) is 17.1. The minimum absolute atomic E-state index is 0.230. The summed E-state index contributed by atoms with van der Waals surface area (Å²) >= 11 is 1.52. The molecule has 2 heterocycles. The number of carbonyl (C=O) groups is 1. The lowest BCUT2D eigenvalue weighted by Gasteiger charge is -2.22. The Kier molecular flexibility index (Phi) is 4.76. The van der Waals surface area contributed by atoms with Crippen molar-refractivity contribution in [2.24, 2.45) is 5.92 Å². The van der Waals surface area contributed by atoms with Crippen LogP contribution in [-0.4, -0.2) is 22.0 Å². The number of carboxylic acid groups (broad SMARTS) is 1. The molecule has 0 aliphatic carbocycles. The van der Waals surface area contributed by atoms with Gasteiger partial charge in [-0.3, -0.25) is 0 Å². The maximum absolute atomic E-state index is 11.5. The fourth-order valence-corrected chi connectivity index (χ4v) is 3.58. The molecule has 0 radical (unpaired) electrons. The van der Waals surface area contributed by atoms with Crippen LogP contribution in [0.4, 0.5) is 5.82 Å². The van der Waals surface area contributed by atoms with Gasteiger partial charge >= 0.3 is 0 Å². The number of thiophene rings is 1. The first-order valence-corrected chi connectivity index (χ1v) is 8.69. The van der Waals surface area contributed by atoms with Crippen LogP contribution in [0.5, 0.6) is 0 Å². The molecule has 5 nitrogen and oxygen atoms in total. The Balaban J connectivity index is 2.05. The molecule has 2 aromatic heterocycles. The van der Waals surface area contributed by atoms with E-state index in [1.807, 2.05) is 49.6 Å². The van der Waals surface area contributed by atoms with Crippen molar-refractivity contribution in [1.29, 1.82) is 0 Å². The van der Waals surface area contributed by atoms with Crippen LogP contribution < -0.4 is 10.4 Å². The van der Waals surface area contributed by atoms with Crippen molar-refractivity contribution < 1.29 is 9.90 Å². The molecule has 24 heavy (non-hydrogen) atoms. The normalized spacial score (nSPS) is 12.5. The first-order valence-electron chi connectivity index (χ1n) is 7.81. The van der Waals surface area contributed by atoms with E-state index in [1.54, 1.807) is 0 Å². The van der Waals surface area contributed by atoms with Gasteiger partial charge in [0.15, 0.2) is 0 Å². The van der Waals surface area contributed by atoms with Crippen molar-refractivity contribution in [3.05, 3.63) is 42.0 Å². The Morgan fingerprint density at radius 2 is 2.00 bits per heavy atom. The van der Waals surface area contributed by atoms with Gasteiger partial charge in [-0.1, -0.05) is 44.2 Å².